The lowest BCUT2D eigenvalue weighted by molar-refractivity contribution is -0.145. The first kappa shape index (κ1) is 24.6. The summed E-state index contributed by atoms with van der Waals surface area (Å²) in [6, 6.07) is 0. The molecule has 0 amide bonds. The molecule has 1 aliphatic heterocycles. The molecule has 31 heavy (non-hydrogen) atoms. The zero-order chi connectivity index (χ0) is 23.3. The molecule has 0 radical (unpaired) electrons. The number of hydrogen-bond donors (Lipinski definition) is 1. The predicted octanol–water partition coefficient (Wildman–Crippen LogP) is 2.67. The van der Waals surface area contributed by atoms with Crippen LogP contribution in [0.4, 0.5) is 0 Å². The molecule has 0 aromatic carbocycles. The molecular weight excluding hydrogens is 404 g/mol. The van der Waals surface area contributed by atoms with Gasteiger partial charge in [-0.1, -0.05) is 12.2 Å². The second-order valence-electron chi connectivity index (χ2n) is 8.03. The summed E-state index contributed by atoms with van der Waals surface area (Å²) in [5, 5.41) is 11.0. The molecule has 2 aliphatic rings. The van der Waals surface area contributed by atoms with E-state index in [2.05, 4.69) is 6.58 Å². The Morgan fingerprint density at radius 2 is 2.00 bits per heavy atom. The largest absolute Gasteiger partial charge is 0.458 e. The van der Waals surface area contributed by atoms with Crippen molar-refractivity contribution in [3.63, 3.8) is 0 Å². The summed E-state index contributed by atoms with van der Waals surface area (Å²) < 4.78 is 21.8. The van der Waals surface area contributed by atoms with Gasteiger partial charge in [-0.2, -0.15) is 0 Å². The third kappa shape index (κ3) is 6.63. The third-order valence-corrected chi connectivity index (χ3v) is 4.76. The van der Waals surface area contributed by atoms with Gasteiger partial charge in [0.05, 0.1) is 17.8 Å². The molecule has 3 atom stereocenters. The summed E-state index contributed by atoms with van der Waals surface area (Å²) in [5.74, 6) is -1.65. The van der Waals surface area contributed by atoms with E-state index in [0.29, 0.717) is 12.2 Å². The van der Waals surface area contributed by atoms with E-state index in [4.69, 9.17) is 18.9 Å². The Morgan fingerprint density at radius 1 is 1.32 bits per heavy atom. The van der Waals surface area contributed by atoms with E-state index in [-0.39, 0.29) is 36.4 Å². The summed E-state index contributed by atoms with van der Waals surface area (Å²) in [4.78, 5) is 36.4. The van der Waals surface area contributed by atoms with Crippen LogP contribution >= 0.6 is 0 Å². The molecule has 0 fully saturated rings. The van der Waals surface area contributed by atoms with Crippen molar-refractivity contribution in [1.29, 1.82) is 0 Å². The normalized spacial score (nSPS) is 26.3. The molecule has 1 aliphatic carbocycles. The molecule has 0 saturated heterocycles. The van der Waals surface area contributed by atoms with E-state index in [1.165, 1.54) is 26.8 Å². The van der Waals surface area contributed by atoms with Crippen molar-refractivity contribution in [2.45, 2.75) is 65.3 Å². The van der Waals surface area contributed by atoms with Gasteiger partial charge in [0.15, 0.2) is 0 Å². The smallest absolute Gasteiger partial charge is 0.342 e. The number of ether oxygens (including phenoxy) is 4. The standard InChI is InChI=1S/C23H30O8/c1-7-28-12-17-20-18(30-21(25)13(2)3)9-14(4)8-16(29-15(5)24)10-23(6,27)11-19(20)31-22(17)26/h8,11,16,18,27H,2,7,9-10,12H2,1,3-6H3. The van der Waals surface area contributed by atoms with Crippen molar-refractivity contribution in [2.24, 2.45) is 0 Å². The minimum Gasteiger partial charge on any atom is -0.458 e. The van der Waals surface area contributed by atoms with Gasteiger partial charge in [-0.25, -0.2) is 9.59 Å². The third-order valence-electron chi connectivity index (χ3n) is 4.76. The summed E-state index contributed by atoms with van der Waals surface area (Å²) in [7, 11) is 0. The summed E-state index contributed by atoms with van der Waals surface area (Å²) >= 11 is 0. The van der Waals surface area contributed by atoms with Crippen LogP contribution in [-0.2, 0) is 33.3 Å². The molecule has 170 valence electrons. The topological polar surface area (TPSA) is 108 Å². The van der Waals surface area contributed by atoms with E-state index in [1.807, 2.05) is 0 Å². The molecule has 0 aromatic rings. The van der Waals surface area contributed by atoms with Gasteiger partial charge in [-0.05, 0) is 39.8 Å². The maximum Gasteiger partial charge on any atom is 0.342 e. The van der Waals surface area contributed by atoms with Gasteiger partial charge in [0.2, 0.25) is 0 Å². The molecule has 2 rings (SSSR count). The van der Waals surface area contributed by atoms with Crippen LogP contribution < -0.4 is 0 Å². The van der Waals surface area contributed by atoms with Gasteiger partial charge in [0, 0.05) is 37.5 Å². The van der Waals surface area contributed by atoms with E-state index < -0.39 is 35.7 Å². The van der Waals surface area contributed by atoms with Gasteiger partial charge >= 0.3 is 17.9 Å². The van der Waals surface area contributed by atoms with E-state index in [1.54, 1.807) is 19.9 Å². The Bertz CT molecular complexity index is 859. The van der Waals surface area contributed by atoms with Crippen molar-refractivity contribution in [3.05, 3.63) is 46.8 Å². The fourth-order valence-electron chi connectivity index (χ4n) is 3.48. The van der Waals surface area contributed by atoms with Gasteiger partial charge in [-0.3, -0.25) is 4.79 Å². The average Bonchev–Trinajstić information content (AvgIpc) is 2.91. The molecule has 8 heteroatoms. The Balaban J connectivity index is 2.62. The number of esters is 3. The van der Waals surface area contributed by atoms with Gasteiger partial charge in [-0.15, -0.1) is 0 Å². The maximum atomic E-state index is 12.6. The monoisotopic (exact) mass is 434 g/mol. The lowest BCUT2D eigenvalue weighted by Gasteiger charge is -2.28. The van der Waals surface area contributed by atoms with Crippen molar-refractivity contribution < 1.29 is 38.4 Å². The van der Waals surface area contributed by atoms with Gasteiger partial charge in [0.1, 0.15) is 18.0 Å². The second kappa shape index (κ2) is 10.1. The highest BCUT2D eigenvalue weighted by molar-refractivity contribution is 5.95. The van der Waals surface area contributed by atoms with Crippen molar-refractivity contribution in [3.8, 4) is 0 Å². The average molecular weight is 434 g/mol. The molecule has 0 bridgehead atoms. The van der Waals surface area contributed by atoms with E-state index >= 15 is 0 Å². The second-order valence-corrected chi connectivity index (χ2v) is 8.03. The number of aliphatic hydroxyl groups is 1. The first-order chi connectivity index (χ1) is 14.4. The van der Waals surface area contributed by atoms with Crippen molar-refractivity contribution in [2.75, 3.05) is 13.2 Å². The van der Waals surface area contributed by atoms with E-state index in [9.17, 15) is 19.5 Å². The van der Waals surface area contributed by atoms with Gasteiger partial charge < -0.3 is 24.1 Å². The number of fused-ring (bicyclic) bond motifs is 1. The molecule has 3 unspecified atom stereocenters. The minimum absolute atomic E-state index is 0.0237. The van der Waals surface area contributed by atoms with Crippen LogP contribution in [0.3, 0.4) is 0 Å². The van der Waals surface area contributed by atoms with Crippen LogP contribution in [0, 0.1) is 0 Å². The van der Waals surface area contributed by atoms with Crippen LogP contribution in [0.25, 0.3) is 0 Å². The lowest BCUT2D eigenvalue weighted by Crippen LogP contribution is -2.32. The lowest BCUT2D eigenvalue weighted by atomic mass is 9.89. The Kier molecular flexibility index (Phi) is 7.97. The molecule has 0 spiro atoms. The van der Waals surface area contributed by atoms with Crippen LogP contribution in [0.1, 0.15) is 47.5 Å². The minimum atomic E-state index is -1.49. The number of rotatable bonds is 6. The highest BCUT2D eigenvalue weighted by atomic mass is 16.6. The highest BCUT2D eigenvalue weighted by Crippen LogP contribution is 2.37. The van der Waals surface area contributed by atoms with Crippen LogP contribution in [0.2, 0.25) is 0 Å². The molecule has 8 nitrogen and oxygen atoms in total. The summed E-state index contributed by atoms with van der Waals surface area (Å²) in [5.41, 5.74) is 0.0380. The quantitative estimate of drug-likeness (QED) is 0.294. The van der Waals surface area contributed by atoms with Crippen LogP contribution in [0.5, 0.6) is 0 Å². The fraction of sp³-hybridized carbons (Fsp3) is 0.522. The van der Waals surface area contributed by atoms with Crippen molar-refractivity contribution in [1.82, 2.24) is 0 Å². The number of carbonyl (C=O) groups excluding carboxylic acids is 3. The highest BCUT2D eigenvalue weighted by Gasteiger charge is 2.39. The first-order valence-corrected chi connectivity index (χ1v) is 10.1. The number of carbonyl (C=O) groups is 3. The Hall–Kier alpha value is -2.71. The predicted molar refractivity (Wildman–Crippen MR) is 112 cm³/mol. The number of hydrogen-bond acceptors (Lipinski definition) is 8. The summed E-state index contributed by atoms with van der Waals surface area (Å²) in [6.07, 6.45) is 1.75. The Morgan fingerprint density at radius 3 is 2.58 bits per heavy atom. The molecule has 0 aromatic heterocycles. The molecule has 1 N–H and O–H groups in total. The van der Waals surface area contributed by atoms with Crippen molar-refractivity contribution >= 4 is 17.9 Å². The fourth-order valence-corrected chi connectivity index (χ4v) is 3.48. The molecule has 0 saturated carbocycles. The van der Waals surface area contributed by atoms with E-state index in [0.717, 1.165) is 5.57 Å². The van der Waals surface area contributed by atoms with Gasteiger partial charge in [0.25, 0.3) is 0 Å². The first-order valence-electron chi connectivity index (χ1n) is 10.1. The zero-order valence-corrected chi connectivity index (χ0v) is 18.6. The maximum absolute atomic E-state index is 12.6. The summed E-state index contributed by atoms with van der Waals surface area (Å²) in [6.45, 7) is 11.9. The van der Waals surface area contributed by atoms with Crippen LogP contribution in [0.15, 0.2) is 46.8 Å². The molecular formula is C23H30O8. The zero-order valence-electron chi connectivity index (χ0n) is 18.6. The Labute approximate surface area is 182 Å². The SMILES string of the molecule is C=C(C)C(=O)OC1CC(C)=CC(OC(C)=O)CC(C)(O)C=C2OC(=O)C(COCC)=C21. The van der Waals surface area contributed by atoms with Crippen LogP contribution in [-0.4, -0.2) is 54.0 Å². The molecule has 1 heterocycles.